The van der Waals surface area contributed by atoms with Crippen molar-refractivity contribution in [3.05, 3.63) is 270 Å². The van der Waals surface area contributed by atoms with Crippen LogP contribution in [-0.4, -0.2) is 0 Å². The van der Waals surface area contributed by atoms with E-state index >= 15 is 0 Å². The molecule has 0 aliphatic heterocycles. The molecule has 66 heavy (non-hydrogen) atoms. The molecule has 0 atom stereocenters. The van der Waals surface area contributed by atoms with Crippen LogP contribution in [0.25, 0.3) is 64.7 Å². The molecule has 1 aromatic heterocycles. The fourth-order valence-electron chi connectivity index (χ4n) is 11.5. The number of fused-ring (bicyclic) bond motifs is 12. The molecule has 0 fully saturated rings. The maximum Gasteiger partial charge on any atom is 0.0719 e. The van der Waals surface area contributed by atoms with E-state index in [9.17, 15) is 0 Å². The van der Waals surface area contributed by atoms with Crippen LogP contribution in [0.4, 0.5) is 17.1 Å². The Bertz CT molecular complexity index is 3520. The summed E-state index contributed by atoms with van der Waals surface area (Å²) in [5.74, 6) is 0. The zero-order chi connectivity index (χ0) is 44.0. The molecule has 2 aliphatic carbocycles. The number of anilines is 3. The van der Waals surface area contributed by atoms with Gasteiger partial charge in [-0.3, -0.25) is 0 Å². The van der Waals surface area contributed by atoms with E-state index in [1.807, 2.05) is 11.3 Å². The highest BCUT2D eigenvalue weighted by Crippen LogP contribution is 2.62. The maximum absolute atomic E-state index is 2.54. The first-order valence-corrected chi connectivity index (χ1v) is 23.8. The molecule has 2 heteroatoms. The third-order valence-corrected chi connectivity index (χ3v) is 15.9. The Kier molecular flexibility index (Phi) is 8.72. The SMILES string of the molecule is CC1(C)c2ccccc2C2(c3ccccc3-c3ccc(-c4cccc5c4sc4c(N(c6ccc(-c7ccccc7)cc6)c6ccc(-c7ccccc7)cc6)cccc45)cc32)c2ccccc21. The molecule has 1 nitrogen and oxygen atoms in total. The van der Waals surface area contributed by atoms with Crippen LogP contribution in [0.2, 0.25) is 0 Å². The minimum absolute atomic E-state index is 0.143. The standard InChI is InChI=1S/C64H45NS/c1-63(2)55-26-11-13-28-57(55)64(58-29-14-12-27-56(58)63)54-25-10-9-21-50(54)51-40-35-46(41-59(51)64)49-22-15-23-52-53-24-16-30-60(62(53)66-61(49)52)65(47-36-31-44(32-37-47)42-17-5-3-6-18-42)48-38-33-45(34-39-48)43-19-7-4-8-20-43/h3-41H,1-2H3. The molecule has 1 heterocycles. The summed E-state index contributed by atoms with van der Waals surface area (Å²) in [7, 11) is 0. The van der Waals surface area contributed by atoms with Crippen molar-refractivity contribution in [1.29, 1.82) is 0 Å². The fourth-order valence-corrected chi connectivity index (χ4v) is 12.9. The Labute approximate surface area is 390 Å². The highest BCUT2D eigenvalue weighted by molar-refractivity contribution is 7.27. The third kappa shape index (κ3) is 5.65. The normalized spacial score (nSPS) is 13.8. The Morgan fingerprint density at radius 3 is 1.35 bits per heavy atom. The van der Waals surface area contributed by atoms with Crippen molar-refractivity contribution < 1.29 is 0 Å². The highest BCUT2D eigenvalue weighted by atomic mass is 32.1. The summed E-state index contributed by atoms with van der Waals surface area (Å²) in [5.41, 5.74) is 21.1. The van der Waals surface area contributed by atoms with Crippen LogP contribution in [0.3, 0.4) is 0 Å². The average Bonchev–Trinajstić information content (AvgIpc) is 3.91. The molecule has 2 aliphatic rings. The molecule has 10 aromatic carbocycles. The van der Waals surface area contributed by atoms with Crippen molar-refractivity contribution >= 4 is 48.6 Å². The first kappa shape index (κ1) is 38.7. The molecular weight excluding hydrogens is 815 g/mol. The van der Waals surface area contributed by atoms with Crippen LogP contribution in [0.1, 0.15) is 47.2 Å². The number of benzene rings is 10. The lowest BCUT2D eigenvalue weighted by Crippen LogP contribution is -2.40. The van der Waals surface area contributed by atoms with E-state index in [0.29, 0.717) is 0 Å². The van der Waals surface area contributed by atoms with Gasteiger partial charge >= 0.3 is 0 Å². The molecule has 1 spiro atoms. The number of nitrogens with zero attached hydrogens (tertiary/aromatic N) is 1. The lowest BCUT2D eigenvalue weighted by atomic mass is 9.55. The van der Waals surface area contributed by atoms with Crippen LogP contribution >= 0.6 is 11.3 Å². The first-order chi connectivity index (χ1) is 32.5. The smallest absolute Gasteiger partial charge is 0.0719 e. The molecule has 312 valence electrons. The molecule has 0 N–H and O–H groups in total. The van der Waals surface area contributed by atoms with E-state index in [-0.39, 0.29) is 5.41 Å². The van der Waals surface area contributed by atoms with Crippen molar-refractivity contribution in [2.24, 2.45) is 0 Å². The topological polar surface area (TPSA) is 3.24 Å². The van der Waals surface area contributed by atoms with Crippen LogP contribution in [0, 0.1) is 0 Å². The van der Waals surface area contributed by atoms with Gasteiger partial charge in [-0.2, -0.15) is 0 Å². The molecule has 13 rings (SSSR count). The zero-order valence-corrected chi connectivity index (χ0v) is 37.7. The van der Waals surface area contributed by atoms with Crippen LogP contribution in [0.5, 0.6) is 0 Å². The van der Waals surface area contributed by atoms with Crippen LogP contribution in [-0.2, 0) is 10.8 Å². The molecular formula is C64H45NS. The third-order valence-electron chi connectivity index (χ3n) is 14.6. The van der Waals surface area contributed by atoms with Gasteiger partial charge in [-0.1, -0.05) is 214 Å². The first-order valence-electron chi connectivity index (χ1n) is 23.0. The van der Waals surface area contributed by atoms with E-state index < -0.39 is 5.41 Å². The fraction of sp³-hybridized carbons (Fsp3) is 0.0625. The van der Waals surface area contributed by atoms with Crippen LogP contribution in [0.15, 0.2) is 237 Å². The predicted octanol–water partition coefficient (Wildman–Crippen LogP) is 17.5. The van der Waals surface area contributed by atoms with E-state index in [4.69, 9.17) is 0 Å². The summed E-state index contributed by atoms with van der Waals surface area (Å²) in [6.45, 7) is 4.79. The lowest BCUT2D eigenvalue weighted by Gasteiger charge is -2.46. The largest absolute Gasteiger partial charge is 0.309 e. The van der Waals surface area contributed by atoms with Crippen molar-refractivity contribution in [3.8, 4) is 44.5 Å². The molecule has 0 saturated heterocycles. The van der Waals surface area contributed by atoms with Gasteiger partial charge in [0.25, 0.3) is 0 Å². The molecule has 11 aromatic rings. The Morgan fingerprint density at radius 1 is 0.318 bits per heavy atom. The minimum atomic E-state index is -0.446. The van der Waals surface area contributed by atoms with Gasteiger partial charge in [0.2, 0.25) is 0 Å². The van der Waals surface area contributed by atoms with E-state index in [1.54, 1.807) is 0 Å². The Hall–Kier alpha value is -7.78. The van der Waals surface area contributed by atoms with Gasteiger partial charge in [-0.05, 0) is 114 Å². The predicted molar refractivity (Wildman–Crippen MR) is 280 cm³/mol. The summed E-state index contributed by atoms with van der Waals surface area (Å²) >= 11 is 1.91. The Morgan fingerprint density at radius 2 is 0.758 bits per heavy atom. The van der Waals surface area contributed by atoms with Crippen LogP contribution < -0.4 is 4.90 Å². The van der Waals surface area contributed by atoms with Gasteiger partial charge in [-0.15, -0.1) is 11.3 Å². The molecule has 0 unspecified atom stereocenters. The second-order valence-corrected chi connectivity index (χ2v) is 19.4. The highest BCUT2D eigenvalue weighted by Gasteiger charge is 2.53. The average molecular weight is 860 g/mol. The van der Waals surface area contributed by atoms with Gasteiger partial charge in [-0.25, -0.2) is 0 Å². The second kappa shape index (κ2) is 14.9. The van der Waals surface area contributed by atoms with Gasteiger partial charge in [0, 0.05) is 32.3 Å². The maximum atomic E-state index is 2.54. The summed E-state index contributed by atoms with van der Waals surface area (Å²) in [5, 5.41) is 2.55. The van der Waals surface area contributed by atoms with Gasteiger partial charge < -0.3 is 4.90 Å². The van der Waals surface area contributed by atoms with Crippen molar-refractivity contribution in [3.63, 3.8) is 0 Å². The molecule has 0 amide bonds. The summed E-state index contributed by atoms with van der Waals surface area (Å²) in [6.07, 6.45) is 0. The van der Waals surface area contributed by atoms with Crippen molar-refractivity contribution in [2.75, 3.05) is 4.90 Å². The van der Waals surface area contributed by atoms with Gasteiger partial charge in [0.05, 0.1) is 15.8 Å². The van der Waals surface area contributed by atoms with E-state index in [1.165, 1.54) is 104 Å². The molecule has 0 saturated carbocycles. The van der Waals surface area contributed by atoms with Gasteiger partial charge in [0.15, 0.2) is 0 Å². The summed E-state index contributed by atoms with van der Waals surface area (Å²) < 4.78 is 2.57. The summed E-state index contributed by atoms with van der Waals surface area (Å²) in [4.78, 5) is 2.44. The van der Waals surface area contributed by atoms with Gasteiger partial charge in [0.1, 0.15) is 0 Å². The molecule has 0 radical (unpaired) electrons. The number of hydrogen-bond donors (Lipinski definition) is 0. The van der Waals surface area contributed by atoms with Crippen molar-refractivity contribution in [2.45, 2.75) is 24.7 Å². The quantitative estimate of drug-likeness (QED) is 0.161. The zero-order valence-electron chi connectivity index (χ0n) is 36.9. The minimum Gasteiger partial charge on any atom is -0.309 e. The number of hydrogen-bond acceptors (Lipinski definition) is 2. The second-order valence-electron chi connectivity index (χ2n) is 18.4. The molecule has 0 bridgehead atoms. The summed E-state index contributed by atoms with van der Waals surface area (Å²) in [6, 6.07) is 88.0. The number of thiophene rings is 1. The van der Waals surface area contributed by atoms with E-state index in [0.717, 1.165) is 11.4 Å². The Balaban J connectivity index is 1.000. The number of rotatable bonds is 6. The van der Waals surface area contributed by atoms with Crippen molar-refractivity contribution in [1.82, 2.24) is 0 Å². The van der Waals surface area contributed by atoms with E-state index in [2.05, 4.69) is 255 Å². The monoisotopic (exact) mass is 859 g/mol. The lowest BCUT2D eigenvalue weighted by molar-refractivity contribution is 0.563.